The van der Waals surface area contributed by atoms with Crippen LogP contribution in [0.15, 0.2) is 18.2 Å². The van der Waals surface area contributed by atoms with Crippen LogP contribution in [0.5, 0.6) is 0 Å². The number of piperidine rings is 1. The van der Waals surface area contributed by atoms with Crippen molar-refractivity contribution in [3.05, 3.63) is 34.9 Å². The predicted octanol–water partition coefficient (Wildman–Crippen LogP) is -0.492. The van der Waals surface area contributed by atoms with Crippen molar-refractivity contribution < 1.29 is 23.9 Å². The number of rotatable bonds is 4. The Hall–Kier alpha value is -2.62. The summed E-state index contributed by atoms with van der Waals surface area (Å²) in [6.07, 6.45) is 0.499. The second kappa shape index (κ2) is 7.57. The van der Waals surface area contributed by atoms with Gasteiger partial charge in [-0.3, -0.25) is 34.3 Å². The van der Waals surface area contributed by atoms with Crippen LogP contribution in [0.3, 0.4) is 0 Å². The molecule has 5 rings (SSSR count). The molecule has 30 heavy (non-hydrogen) atoms. The standard InChI is InChI=1S/C21H24N4O5/c26-18-4-3-16(19(27)23-18)25-20(28)14-2-1-12(7-15(14)21(25)29)10-24-5-6-30-17(11-24)13-8-22-9-13/h1-2,7,13,16-17,22H,3-6,8-11H2,(H,23,26,27). The maximum absolute atomic E-state index is 13.0. The van der Waals surface area contributed by atoms with E-state index in [1.54, 1.807) is 12.1 Å². The summed E-state index contributed by atoms with van der Waals surface area (Å²) in [7, 11) is 0. The first kappa shape index (κ1) is 19.3. The Morgan fingerprint density at radius 1 is 1.07 bits per heavy atom. The van der Waals surface area contributed by atoms with Crippen LogP contribution in [-0.4, -0.2) is 78.4 Å². The number of hydrogen-bond acceptors (Lipinski definition) is 7. The highest BCUT2D eigenvalue weighted by molar-refractivity contribution is 6.23. The molecule has 0 radical (unpaired) electrons. The van der Waals surface area contributed by atoms with Gasteiger partial charge in [0, 0.05) is 45.1 Å². The van der Waals surface area contributed by atoms with Crippen molar-refractivity contribution in [2.45, 2.75) is 31.5 Å². The molecule has 9 heteroatoms. The summed E-state index contributed by atoms with van der Waals surface area (Å²) in [6.45, 7) is 5.01. The Balaban J connectivity index is 1.31. The third-order valence-electron chi connectivity index (χ3n) is 6.43. The Kier molecular flexibility index (Phi) is 4.88. The van der Waals surface area contributed by atoms with Crippen LogP contribution in [0, 0.1) is 5.92 Å². The van der Waals surface area contributed by atoms with Crippen LogP contribution in [0.4, 0.5) is 0 Å². The molecule has 3 saturated heterocycles. The molecule has 2 unspecified atom stereocenters. The molecule has 0 spiro atoms. The molecule has 4 aliphatic heterocycles. The van der Waals surface area contributed by atoms with Crippen LogP contribution < -0.4 is 10.6 Å². The first-order chi connectivity index (χ1) is 14.5. The van der Waals surface area contributed by atoms with E-state index >= 15 is 0 Å². The number of amides is 4. The molecule has 0 aromatic heterocycles. The van der Waals surface area contributed by atoms with Gasteiger partial charge in [-0.1, -0.05) is 6.07 Å². The van der Waals surface area contributed by atoms with Gasteiger partial charge in [-0.05, 0) is 24.1 Å². The van der Waals surface area contributed by atoms with Gasteiger partial charge in [-0.2, -0.15) is 0 Å². The van der Waals surface area contributed by atoms with Crippen LogP contribution in [0.1, 0.15) is 39.1 Å². The highest BCUT2D eigenvalue weighted by atomic mass is 16.5. The van der Waals surface area contributed by atoms with Gasteiger partial charge < -0.3 is 10.1 Å². The van der Waals surface area contributed by atoms with E-state index in [0.29, 0.717) is 30.2 Å². The molecule has 3 fully saturated rings. The largest absolute Gasteiger partial charge is 0.375 e. The summed E-state index contributed by atoms with van der Waals surface area (Å²) in [6, 6.07) is 4.36. The van der Waals surface area contributed by atoms with Gasteiger partial charge in [-0.25, -0.2) is 0 Å². The fourth-order valence-electron chi connectivity index (χ4n) is 4.61. The molecule has 158 valence electrons. The Labute approximate surface area is 173 Å². The molecule has 0 saturated carbocycles. The number of ether oxygens (including phenoxy) is 1. The first-order valence-electron chi connectivity index (χ1n) is 10.4. The number of morpholine rings is 1. The lowest BCUT2D eigenvalue weighted by atomic mass is 9.95. The third kappa shape index (κ3) is 3.32. The van der Waals surface area contributed by atoms with E-state index in [2.05, 4.69) is 15.5 Å². The highest BCUT2D eigenvalue weighted by Gasteiger charge is 2.44. The minimum Gasteiger partial charge on any atom is -0.375 e. The molecule has 2 atom stereocenters. The third-order valence-corrected chi connectivity index (χ3v) is 6.43. The quantitative estimate of drug-likeness (QED) is 0.643. The molecule has 4 amide bonds. The molecule has 4 aliphatic rings. The van der Waals surface area contributed by atoms with Gasteiger partial charge in [0.25, 0.3) is 11.8 Å². The smallest absolute Gasteiger partial charge is 0.262 e. The highest BCUT2D eigenvalue weighted by Crippen LogP contribution is 2.29. The van der Waals surface area contributed by atoms with E-state index in [0.717, 1.165) is 36.6 Å². The second-order valence-corrected chi connectivity index (χ2v) is 8.39. The van der Waals surface area contributed by atoms with Crippen LogP contribution in [0.2, 0.25) is 0 Å². The molecular weight excluding hydrogens is 388 g/mol. The molecule has 9 nitrogen and oxygen atoms in total. The molecule has 0 aliphatic carbocycles. The maximum Gasteiger partial charge on any atom is 0.262 e. The first-order valence-corrected chi connectivity index (χ1v) is 10.4. The van der Waals surface area contributed by atoms with Crippen LogP contribution >= 0.6 is 0 Å². The van der Waals surface area contributed by atoms with Crippen molar-refractivity contribution in [3.8, 4) is 0 Å². The van der Waals surface area contributed by atoms with E-state index < -0.39 is 23.8 Å². The van der Waals surface area contributed by atoms with Crippen molar-refractivity contribution in [1.29, 1.82) is 0 Å². The maximum atomic E-state index is 13.0. The van der Waals surface area contributed by atoms with Crippen LogP contribution in [0.25, 0.3) is 0 Å². The summed E-state index contributed by atoms with van der Waals surface area (Å²) in [4.78, 5) is 52.7. The topological polar surface area (TPSA) is 108 Å². The van der Waals surface area contributed by atoms with Crippen molar-refractivity contribution in [2.75, 3.05) is 32.8 Å². The summed E-state index contributed by atoms with van der Waals surface area (Å²) in [5.41, 5.74) is 1.59. The van der Waals surface area contributed by atoms with E-state index in [-0.39, 0.29) is 24.9 Å². The normalized spacial score (nSPS) is 27.8. The average Bonchev–Trinajstić information content (AvgIpc) is 2.91. The number of carbonyl (C=O) groups is 4. The van der Waals surface area contributed by atoms with Gasteiger partial charge in [0.1, 0.15) is 6.04 Å². The Morgan fingerprint density at radius 3 is 2.60 bits per heavy atom. The monoisotopic (exact) mass is 412 g/mol. The summed E-state index contributed by atoms with van der Waals surface area (Å²) >= 11 is 0. The van der Waals surface area contributed by atoms with Crippen molar-refractivity contribution in [3.63, 3.8) is 0 Å². The SMILES string of the molecule is O=C1CCC(N2C(=O)c3ccc(CN4CCOC(C5CNC5)C4)cc3C2=O)C(=O)N1. The zero-order valence-corrected chi connectivity index (χ0v) is 16.6. The predicted molar refractivity (Wildman–Crippen MR) is 104 cm³/mol. The number of imide groups is 2. The van der Waals surface area contributed by atoms with Gasteiger partial charge in [0.05, 0.1) is 23.8 Å². The number of hydrogen-bond donors (Lipinski definition) is 2. The molecule has 0 bridgehead atoms. The lowest BCUT2D eigenvalue weighted by Crippen LogP contribution is -2.55. The van der Waals surface area contributed by atoms with E-state index in [4.69, 9.17) is 4.74 Å². The van der Waals surface area contributed by atoms with Crippen molar-refractivity contribution in [2.24, 2.45) is 5.92 Å². The number of benzene rings is 1. The fraction of sp³-hybridized carbons (Fsp3) is 0.524. The molecule has 1 aromatic carbocycles. The number of nitrogens with one attached hydrogen (secondary N) is 2. The fourth-order valence-corrected chi connectivity index (χ4v) is 4.61. The average molecular weight is 412 g/mol. The summed E-state index contributed by atoms with van der Waals surface area (Å²) < 4.78 is 5.90. The van der Waals surface area contributed by atoms with E-state index in [9.17, 15) is 19.2 Å². The lowest BCUT2D eigenvalue weighted by Gasteiger charge is -2.40. The second-order valence-electron chi connectivity index (χ2n) is 8.39. The zero-order valence-electron chi connectivity index (χ0n) is 16.6. The van der Waals surface area contributed by atoms with Gasteiger partial charge in [-0.15, -0.1) is 0 Å². The Morgan fingerprint density at radius 2 is 1.87 bits per heavy atom. The van der Waals surface area contributed by atoms with E-state index in [1.807, 2.05) is 6.07 Å². The minimum absolute atomic E-state index is 0.115. The molecule has 1 aromatic rings. The number of nitrogens with zero attached hydrogens (tertiary/aromatic N) is 2. The molecule has 2 N–H and O–H groups in total. The van der Waals surface area contributed by atoms with Gasteiger partial charge in [0.2, 0.25) is 11.8 Å². The van der Waals surface area contributed by atoms with Crippen molar-refractivity contribution in [1.82, 2.24) is 20.4 Å². The van der Waals surface area contributed by atoms with Crippen LogP contribution in [-0.2, 0) is 20.9 Å². The van der Waals surface area contributed by atoms with E-state index in [1.165, 1.54) is 0 Å². The van der Waals surface area contributed by atoms with Gasteiger partial charge in [0.15, 0.2) is 0 Å². The van der Waals surface area contributed by atoms with Gasteiger partial charge >= 0.3 is 0 Å². The molecular formula is C21H24N4O5. The lowest BCUT2D eigenvalue weighted by molar-refractivity contribution is -0.136. The Bertz CT molecular complexity index is 928. The number of fused-ring (bicyclic) bond motifs is 1. The molecule has 4 heterocycles. The van der Waals surface area contributed by atoms with Crippen molar-refractivity contribution >= 4 is 23.6 Å². The summed E-state index contributed by atoms with van der Waals surface area (Å²) in [5, 5.41) is 5.49. The minimum atomic E-state index is -0.936. The number of carbonyl (C=O) groups excluding carboxylic acids is 4. The summed E-state index contributed by atoms with van der Waals surface area (Å²) in [5.74, 6) is -1.36. The zero-order chi connectivity index (χ0) is 20.8.